The number of hydrogen-bond acceptors (Lipinski definition) is 3. The van der Waals surface area contributed by atoms with Crippen LogP contribution in [0.2, 0.25) is 0 Å². The second-order valence-corrected chi connectivity index (χ2v) is 6.07. The van der Waals surface area contributed by atoms with Gasteiger partial charge >= 0.3 is 0 Å². The lowest BCUT2D eigenvalue weighted by Crippen LogP contribution is -2.32. The summed E-state index contributed by atoms with van der Waals surface area (Å²) in [4.78, 5) is 2.43. The number of likely N-dealkylation sites (tertiary alicyclic amines) is 1. The third-order valence-electron chi connectivity index (χ3n) is 4.72. The molecule has 3 rings (SSSR count). The van der Waals surface area contributed by atoms with Crippen molar-refractivity contribution in [2.45, 2.75) is 44.8 Å². The van der Waals surface area contributed by atoms with Gasteiger partial charge in [-0.15, -0.1) is 0 Å². The second-order valence-electron chi connectivity index (χ2n) is 6.07. The summed E-state index contributed by atoms with van der Waals surface area (Å²) in [6.45, 7) is 5.89. The molecule has 0 bridgehead atoms. The molecule has 1 atom stereocenters. The van der Waals surface area contributed by atoms with Gasteiger partial charge in [0, 0.05) is 24.7 Å². The van der Waals surface area contributed by atoms with E-state index in [2.05, 4.69) is 24.8 Å². The van der Waals surface area contributed by atoms with Crippen molar-refractivity contribution in [3.63, 3.8) is 0 Å². The van der Waals surface area contributed by atoms with Gasteiger partial charge in [-0.1, -0.05) is 12.1 Å². The molecule has 2 fully saturated rings. The molecule has 1 aromatic rings. The molecule has 1 aliphatic heterocycles. The van der Waals surface area contributed by atoms with Crippen LogP contribution in [-0.4, -0.2) is 36.2 Å². The van der Waals surface area contributed by atoms with E-state index in [0.717, 1.165) is 36.4 Å². The highest BCUT2D eigenvalue weighted by Crippen LogP contribution is 2.42. The second kappa shape index (κ2) is 4.50. The Kier molecular flexibility index (Phi) is 3.06. The van der Waals surface area contributed by atoms with Crippen molar-refractivity contribution < 1.29 is 9.84 Å². The van der Waals surface area contributed by atoms with Crippen molar-refractivity contribution in [3.8, 4) is 5.75 Å². The quantitative estimate of drug-likeness (QED) is 0.906. The minimum atomic E-state index is -0.744. The van der Waals surface area contributed by atoms with Crippen LogP contribution in [0.3, 0.4) is 0 Å². The molecule has 1 N–H and O–H groups in total. The lowest BCUT2D eigenvalue weighted by Gasteiger charge is -2.27. The van der Waals surface area contributed by atoms with Crippen LogP contribution < -0.4 is 4.74 Å². The Morgan fingerprint density at radius 1 is 1.32 bits per heavy atom. The Labute approximate surface area is 115 Å². The van der Waals surface area contributed by atoms with Crippen LogP contribution in [0.4, 0.5) is 0 Å². The minimum Gasteiger partial charge on any atom is -0.496 e. The zero-order chi connectivity index (χ0) is 13.6. The fourth-order valence-electron chi connectivity index (χ4n) is 3.21. The first-order valence-electron chi connectivity index (χ1n) is 7.16. The van der Waals surface area contributed by atoms with Gasteiger partial charge in [-0.25, -0.2) is 0 Å². The molecule has 0 amide bonds. The standard InChI is InChI=1S/C16H23NO2/c1-11-4-7-14(15(19-3)12(11)2)16(18)8-9-17(10-16)13-5-6-13/h4,7,13,18H,5-6,8-10H2,1-3H3. The van der Waals surface area contributed by atoms with Gasteiger partial charge in [0.2, 0.25) is 0 Å². The molecule has 1 aromatic carbocycles. The Morgan fingerprint density at radius 2 is 2.05 bits per heavy atom. The summed E-state index contributed by atoms with van der Waals surface area (Å²) in [6.07, 6.45) is 3.39. The van der Waals surface area contributed by atoms with Crippen molar-refractivity contribution in [2.24, 2.45) is 0 Å². The first-order valence-corrected chi connectivity index (χ1v) is 7.16. The molecular weight excluding hydrogens is 238 g/mol. The van der Waals surface area contributed by atoms with Crippen molar-refractivity contribution in [1.82, 2.24) is 4.90 Å². The third kappa shape index (κ3) is 2.15. The number of benzene rings is 1. The Morgan fingerprint density at radius 3 is 2.68 bits per heavy atom. The normalized spacial score (nSPS) is 27.8. The average Bonchev–Trinajstić information content (AvgIpc) is 3.16. The summed E-state index contributed by atoms with van der Waals surface area (Å²) in [5.74, 6) is 0.861. The molecule has 1 saturated heterocycles. The maximum atomic E-state index is 11.0. The fraction of sp³-hybridized carbons (Fsp3) is 0.625. The van der Waals surface area contributed by atoms with Crippen LogP contribution in [-0.2, 0) is 5.60 Å². The minimum absolute atomic E-state index is 0.714. The number of rotatable bonds is 3. The summed E-state index contributed by atoms with van der Waals surface area (Å²) in [7, 11) is 1.70. The summed E-state index contributed by atoms with van der Waals surface area (Å²) in [5, 5.41) is 11.0. The predicted octanol–water partition coefficient (Wildman–Crippen LogP) is 2.37. The van der Waals surface area contributed by atoms with Gasteiger partial charge in [0.15, 0.2) is 0 Å². The first kappa shape index (κ1) is 12.9. The van der Waals surface area contributed by atoms with Crippen molar-refractivity contribution in [2.75, 3.05) is 20.2 Å². The van der Waals surface area contributed by atoms with Crippen LogP contribution in [0.25, 0.3) is 0 Å². The molecule has 1 unspecified atom stereocenters. The van der Waals surface area contributed by atoms with Gasteiger partial charge in [0.1, 0.15) is 11.4 Å². The van der Waals surface area contributed by atoms with Gasteiger partial charge in [0.05, 0.1) is 7.11 Å². The number of hydrogen-bond donors (Lipinski definition) is 1. The van der Waals surface area contributed by atoms with E-state index >= 15 is 0 Å². The van der Waals surface area contributed by atoms with E-state index in [0.29, 0.717) is 6.04 Å². The first-order chi connectivity index (χ1) is 9.05. The van der Waals surface area contributed by atoms with E-state index in [4.69, 9.17) is 4.74 Å². The van der Waals surface area contributed by atoms with Gasteiger partial charge in [-0.2, -0.15) is 0 Å². The van der Waals surface area contributed by atoms with Crippen LogP contribution in [0.1, 0.15) is 36.0 Å². The molecule has 1 heterocycles. The maximum absolute atomic E-state index is 11.0. The van der Waals surface area contributed by atoms with E-state index in [-0.39, 0.29) is 0 Å². The molecule has 2 aliphatic rings. The Hall–Kier alpha value is -1.06. The maximum Gasteiger partial charge on any atom is 0.128 e. The van der Waals surface area contributed by atoms with Gasteiger partial charge < -0.3 is 9.84 Å². The lowest BCUT2D eigenvalue weighted by molar-refractivity contribution is 0.0426. The number of β-amino-alcohol motifs (C(OH)–C–C–N with tert-alkyl or cyclic N) is 1. The highest BCUT2D eigenvalue weighted by Gasteiger charge is 2.44. The number of aryl methyl sites for hydroxylation is 1. The number of nitrogens with zero attached hydrogens (tertiary/aromatic N) is 1. The lowest BCUT2D eigenvalue weighted by atomic mass is 9.89. The zero-order valence-electron chi connectivity index (χ0n) is 12.1. The summed E-state index contributed by atoms with van der Waals surface area (Å²) >= 11 is 0. The largest absolute Gasteiger partial charge is 0.496 e. The molecule has 104 valence electrons. The fourth-order valence-corrected chi connectivity index (χ4v) is 3.21. The van der Waals surface area contributed by atoms with Gasteiger partial charge in [-0.3, -0.25) is 4.90 Å². The van der Waals surface area contributed by atoms with E-state index in [1.165, 1.54) is 18.4 Å². The highest BCUT2D eigenvalue weighted by atomic mass is 16.5. The average molecular weight is 261 g/mol. The predicted molar refractivity (Wildman–Crippen MR) is 75.6 cm³/mol. The summed E-state index contributed by atoms with van der Waals surface area (Å²) in [5.41, 5.74) is 2.56. The number of ether oxygens (including phenoxy) is 1. The molecule has 1 aliphatic carbocycles. The topological polar surface area (TPSA) is 32.7 Å². The molecule has 0 spiro atoms. The number of aliphatic hydroxyl groups is 1. The molecular formula is C16H23NO2. The molecule has 0 radical (unpaired) electrons. The molecule has 0 aromatic heterocycles. The molecule has 1 saturated carbocycles. The number of methoxy groups -OCH3 is 1. The van der Waals surface area contributed by atoms with Gasteiger partial charge in [0.25, 0.3) is 0 Å². The van der Waals surface area contributed by atoms with Crippen LogP contribution in [0.15, 0.2) is 12.1 Å². The van der Waals surface area contributed by atoms with Crippen LogP contribution >= 0.6 is 0 Å². The zero-order valence-corrected chi connectivity index (χ0v) is 12.1. The van der Waals surface area contributed by atoms with Gasteiger partial charge in [-0.05, 0) is 44.2 Å². The van der Waals surface area contributed by atoms with E-state index in [9.17, 15) is 5.11 Å². The van der Waals surface area contributed by atoms with Crippen molar-refractivity contribution in [3.05, 3.63) is 28.8 Å². The molecule has 19 heavy (non-hydrogen) atoms. The molecule has 3 nitrogen and oxygen atoms in total. The molecule has 3 heteroatoms. The van der Waals surface area contributed by atoms with E-state index < -0.39 is 5.60 Å². The van der Waals surface area contributed by atoms with Crippen LogP contribution in [0, 0.1) is 13.8 Å². The van der Waals surface area contributed by atoms with Crippen molar-refractivity contribution >= 4 is 0 Å². The SMILES string of the molecule is COc1c(C2(O)CCN(C3CC3)C2)ccc(C)c1C. The van der Waals surface area contributed by atoms with E-state index in [1.54, 1.807) is 7.11 Å². The Bertz CT molecular complexity index is 496. The highest BCUT2D eigenvalue weighted by molar-refractivity contribution is 5.48. The van der Waals surface area contributed by atoms with E-state index in [1.807, 2.05) is 6.07 Å². The summed E-state index contributed by atoms with van der Waals surface area (Å²) < 4.78 is 5.57. The van der Waals surface area contributed by atoms with Crippen molar-refractivity contribution in [1.29, 1.82) is 0 Å². The smallest absolute Gasteiger partial charge is 0.128 e. The summed E-state index contributed by atoms with van der Waals surface area (Å²) in [6, 6.07) is 4.84. The monoisotopic (exact) mass is 261 g/mol. The Balaban J connectivity index is 1.95. The third-order valence-corrected chi connectivity index (χ3v) is 4.72. The van der Waals surface area contributed by atoms with Crippen LogP contribution in [0.5, 0.6) is 5.75 Å².